The van der Waals surface area contributed by atoms with Crippen LogP contribution in [0.2, 0.25) is 0 Å². The van der Waals surface area contributed by atoms with Crippen LogP contribution < -0.4 is 4.74 Å². The highest BCUT2D eigenvalue weighted by Crippen LogP contribution is 2.08. The molecule has 0 heterocycles. The van der Waals surface area contributed by atoms with Crippen LogP contribution in [0.1, 0.15) is 6.92 Å². The molecule has 0 aromatic heterocycles. The second kappa shape index (κ2) is 8.74. The van der Waals surface area contributed by atoms with Gasteiger partial charge < -0.3 is 14.4 Å². The SMILES string of the molecule is C=CCN(CC(=O)OCC)C(=O)COc1ccccc1. The molecule has 1 amide bonds. The first-order chi connectivity index (χ1) is 9.67. The molecule has 0 spiro atoms. The summed E-state index contributed by atoms with van der Waals surface area (Å²) in [5, 5.41) is 0. The minimum Gasteiger partial charge on any atom is -0.484 e. The Kier molecular flexibility index (Phi) is 6.89. The Morgan fingerprint density at radius 2 is 2.00 bits per heavy atom. The molecule has 1 aromatic rings. The largest absolute Gasteiger partial charge is 0.484 e. The Hall–Kier alpha value is -2.30. The van der Waals surface area contributed by atoms with Crippen molar-refractivity contribution in [1.82, 2.24) is 4.90 Å². The van der Waals surface area contributed by atoms with E-state index in [1.165, 1.54) is 4.90 Å². The minimum absolute atomic E-state index is 0.100. The molecule has 0 saturated heterocycles. The molecule has 5 heteroatoms. The highest BCUT2D eigenvalue weighted by molar-refractivity contribution is 5.83. The third kappa shape index (κ3) is 5.56. The predicted molar refractivity (Wildman–Crippen MR) is 75.3 cm³/mol. The summed E-state index contributed by atoms with van der Waals surface area (Å²) >= 11 is 0. The Morgan fingerprint density at radius 1 is 1.30 bits per heavy atom. The fraction of sp³-hybridized carbons (Fsp3) is 0.333. The van der Waals surface area contributed by atoms with Crippen molar-refractivity contribution in [1.29, 1.82) is 0 Å². The van der Waals surface area contributed by atoms with Crippen molar-refractivity contribution in [3.05, 3.63) is 43.0 Å². The first-order valence-corrected chi connectivity index (χ1v) is 6.39. The van der Waals surface area contributed by atoms with Crippen molar-refractivity contribution in [3.8, 4) is 5.75 Å². The van der Waals surface area contributed by atoms with Crippen LogP contribution in [0.15, 0.2) is 43.0 Å². The number of hydrogen-bond acceptors (Lipinski definition) is 4. The van der Waals surface area contributed by atoms with Crippen LogP contribution in [0.5, 0.6) is 5.75 Å². The van der Waals surface area contributed by atoms with E-state index in [4.69, 9.17) is 9.47 Å². The molecule has 0 saturated carbocycles. The molecule has 0 atom stereocenters. The number of carbonyl (C=O) groups excluding carboxylic acids is 2. The van der Waals surface area contributed by atoms with Crippen molar-refractivity contribution in [2.75, 3.05) is 26.3 Å². The van der Waals surface area contributed by atoms with E-state index >= 15 is 0 Å². The summed E-state index contributed by atoms with van der Waals surface area (Å²) in [5.74, 6) is -0.125. The smallest absolute Gasteiger partial charge is 0.325 e. The summed E-state index contributed by atoms with van der Waals surface area (Å²) in [6.07, 6.45) is 1.56. The lowest BCUT2D eigenvalue weighted by Gasteiger charge is -2.20. The second-order valence-corrected chi connectivity index (χ2v) is 3.97. The Labute approximate surface area is 118 Å². The maximum atomic E-state index is 12.0. The van der Waals surface area contributed by atoms with Crippen LogP contribution in [0.3, 0.4) is 0 Å². The molecule has 1 aromatic carbocycles. The number of esters is 1. The fourth-order valence-electron chi connectivity index (χ4n) is 1.53. The molecule has 0 unspecified atom stereocenters. The van der Waals surface area contributed by atoms with E-state index in [0.29, 0.717) is 5.75 Å². The fourth-order valence-corrected chi connectivity index (χ4v) is 1.53. The van der Waals surface area contributed by atoms with E-state index in [0.717, 1.165) is 0 Å². The number of nitrogens with zero attached hydrogens (tertiary/aromatic N) is 1. The van der Waals surface area contributed by atoms with Crippen molar-refractivity contribution < 1.29 is 19.1 Å². The molecule has 0 aliphatic heterocycles. The summed E-state index contributed by atoms with van der Waals surface area (Å²) < 4.78 is 10.2. The van der Waals surface area contributed by atoms with Crippen molar-refractivity contribution in [3.63, 3.8) is 0 Å². The van der Waals surface area contributed by atoms with Gasteiger partial charge in [0.2, 0.25) is 0 Å². The van der Waals surface area contributed by atoms with E-state index in [1.807, 2.05) is 18.2 Å². The first-order valence-electron chi connectivity index (χ1n) is 6.39. The van der Waals surface area contributed by atoms with Gasteiger partial charge in [0, 0.05) is 6.54 Å². The van der Waals surface area contributed by atoms with Gasteiger partial charge in [-0.2, -0.15) is 0 Å². The summed E-state index contributed by atoms with van der Waals surface area (Å²) in [7, 11) is 0. The van der Waals surface area contributed by atoms with Crippen molar-refractivity contribution in [2.45, 2.75) is 6.92 Å². The third-order valence-corrected chi connectivity index (χ3v) is 2.43. The standard InChI is InChI=1S/C15H19NO4/c1-3-10-16(11-15(18)19-4-2)14(17)12-20-13-8-6-5-7-9-13/h3,5-9H,1,4,10-12H2,2H3. The Balaban J connectivity index is 2.51. The quantitative estimate of drug-likeness (QED) is 0.535. The molecule has 108 valence electrons. The third-order valence-electron chi connectivity index (χ3n) is 2.43. The van der Waals surface area contributed by atoms with Gasteiger partial charge in [-0.25, -0.2) is 0 Å². The number of para-hydroxylation sites is 1. The normalized spacial score (nSPS) is 9.65. The molecule has 1 rings (SSSR count). The van der Waals surface area contributed by atoms with Crippen LogP contribution in [0, 0.1) is 0 Å². The van der Waals surface area contributed by atoms with E-state index in [2.05, 4.69) is 6.58 Å². The number of carbonyl (C=O) groups is 2. The van der Waals surface area contributed by atoms with Gasteiger partial charge in [0.1, 0.15) is 12.3 Å². The number of hydrogen-bond donors (Lipinski definition) is 0. The molecular formula is C15H19NO4. The van der Waals surface area contributed by atoms with Crippen molar-refractivity contribution in [2.24, 2.45) is 0 Å². The monoisotopic (exact) mass is 277 g/mol. The average molecular weight is 277 g/mol. The zero-order valence-electron chi connectivity index (χ0n) is 11.6. The average Bonchev–Trinajstić information content (AvgIpc) is 2.45. The van der Waals surface area contributed by atoms with Crippen LogP contribution in [0.25, 0.3) is 0 Å². The van der Waals surface area contributed by atoms with Gasteiger partial charge in [0.15, 0.2) is 6.61 Å². The minimum atomic E-state index is -0.442. The highest BCUT2D eigenvalue weighted by Gasteiger charge is 2.17. The summed E-state index contributed by atoms with van der Waals surface area (Å²) in [4.78, 5) is 24.7. The number of ether oxygens (including phenoxy) is 2. The van der Waals surface area contributed by atoms with E-state index < -0.39 is 5.97 Å². The second-order valence-electron chi connectivity index (χ2n) is 3.97. The molecule has 0 N–H and O–H groups in total. The highest BCUT2D eigenvalue weighted by atomic mass is 16.5. The van der Waals surface area contributed by atoms with Crippen LogP contribution in [-0.2, 0) is 14.3 Å². The van der Waals surface area contributed by atoms with Gasteiger partial charge in [-0.05, 0) is 19.1 Å². The molecule has 0 aliphatic rings. The van der Waals surface area contributed by atoms with Crippen LogP contribution >= 0.6 is 0 Å². The van der Waals surface area contributed by atoms with Crippen LogP contribution in [-0.4, -0.2) is 43.1 Å². The topological polar surface area (TPSA) is 55.8 Å². The molecule has 20 heavy (non-hydrogen) atoms. The first kappa shape index (κ1) is 15.8. The molecule has 0 bridgehead atoms. The van der Waals surface area contributed by atoms with Gasteiger partial charge in [-0.3, -0.25) is 9.59 Å². The van der Waals surface area contributed by atoms with Crippen molar-refractivity contribution >= 4 is 11.9 Å². The molecule has 0 fully saturated rings. The number of benzene rings is 1. The molecular weight excluding hydrogens is 258 g/mol. The lowest BCUT2D eigenvalue weighted by atomic mass is 10.3. The lowest BCUT2D eigenvalue weighted by Crippen LogP contribution is -2.39. The lowest BCUT2D eigenvalue weighted by molar-refractivity contribution is -0.149. The maximum absolute atomic E-state index is 12.0. The van der Waals surface area contributed by atoms with Gasteiger partial charge in [-0.15, -0.1) is 6.58 Å². The van der Waals surface area contributed by atoms with Gasteiger partial charge in [0.05, 0.1) is 6.61 Å². The molecule has 0 radical (unpaired) electrons. The van der Waals surface area contributed by atoms with E-state index in [1.54, 1.807) is 25.1 Å². The number of amides is 1. The summed E-state index contributed by atoms with van der Waals surface area (Å²) in [5.41, 5.74) is 0. The van der Waals surface area contributed by atoms with E-state index in [-0.39, 0.29) is 32.2 Å². The summed E-state index contributed by atoms with van der Waals surface area (Å²) in [6, 6.07) is 9.02. The van der Waals surface area contributed by atoms with Crippen LogP contribution in [0.4, 0.5) is 0 Å². The Morgan fingerprint density at radius 3 is 2.60 bits per heavy atom. The molecule has 5 nitrogen and oxygen atoms in total. The number of rotatable bonds is 8. The van der Waals surface area contributed by atoms with E-state index in [9.17, 15) is 9.59 Å². The van der Waals surface area contributed by atoms with Gasteiger partial charge in [-0.1, -0.05) is 24.3 Å². The molecule has 0 aliphatic carbocycles. The Bertz CT molecular complexity index is 444. The zero-order valence-corrected chi connectivity index (χ0v) is 11.6. The summed E-state index contributed by atoms with van der Waals surface area (Å²) in [6.45, 7) is 5.62. The maximum Gasteiger partial charge on any atom is 0.325 e. The zero-order chi connectivity index (χ0) is 14.8. The van der Waals surface area contributed by atoms with Gasteiger partial charge >= 0.3 is 5.97 Å². The van der Waals surface area contributed by atoms with Gasteiger partial charge in [0.25, 0.3) is 5.91 Å². The predicted octanol–water partition coefficient (Wildman–Crippen LogP) is 1.64.